The standard InChI is InChI=1S/C22H23N3O2S2/c1-12-7-8-17-18(9-12)29-22-20(17)21(23-14(3)24-22)28-11-19(27)25-16-6-4-5-15(10-16)13(2)26/h4-6,10,12H,7-9,11H2,1-3H3,(H,25,27)/t12-/m1/s1. The van der Waals surface area contributed by atoms with Crippen molar-refractivity contribution < 1.29 is 9.59 Å². The topological polar surface area (TPSA) is 72.0 Å². The summed E-state index contributed by atoms with van der Waals surface area (Å²) in [5.74, 6) is 1.57. The molecule has 0 unspecified atom stereocenters. The third-order valence-corrected chi connectivity index (χ3v) is 7.25. The van der Waals surface area contributed by atoms with Crippen molar-refractivity contribution in [1.29, 1.82) is 0 Å². The maximum Gasteiger partial charge on any atom is 0.234 e. The summed E-state index contributed by atoms with van der Waals surface area (Å²) >= 11 is 3.23. The van der Waals surface area contributed by atoms with E-state index < -0.39 is 0 Å². The van der Waals surface area contributed by atoms with E-state index in [9.17, 15) is 9.59 Å². The number of carbonyl (C=O) groups excluding carboxylic acids is 2. The van der Waals surface area contributed by atoms with Gasteiger partial charge in [-0.05, 0) is 56.7 Å². The number of aryl methyl sites for hydroxylation is 2. The highest BCUT2D eigenvalue weighted by Gasteiger charge is 2.24. The molecule has 1 N–H and O–H groups in total. The second kappa shape index (κ2) is 8.24. The molecule has 0 bridgehead atoms. The fourth-order valence-corrected chi connectivity index (χ4v) is 6.06. The molecule has 0 saturated carbocycles. The number of aromatic nitrogens is 2. The van der Waals surface area contributed by atoms with Crippen LogP contribution in [0.4, 0.5) is 5.69 Å². The van der Waals surface area contributed by atoms with Crippen LogP contribution in [0.5, 0.6) is 0 Å². The molecule has 150 valence electrons. The Bertz CT molecular complexity index is 1110. The summed E-state index contributed by atoms with van der Waals surface area (Å²) in [5, 5.41) is 4.91. The Morgan fingerprint density at radius 3 is 2.93 bits per heavy atom. The Kier molecular flexibility index (Phi) is 5.69. The number of nitrogens with zero attached hydrogens (tertiary/aromatic N) is 2. The lowest BCUT2D eigenvalue weighted by Crippen LogP contribution is -2.14. The number of rotatable bonds is 5. The van der Waals surface area contributed by atoms with E-state index >= 15 is 0 Å². The van der Waals surface area contributed by atoms with Gasteiger partial charge in [0.15, 0.2) is 5.78 Å². The van der Waals surface area contributed by atoms with Crippen molar-refractivity contribution >= 4 is 50.7 Å². The molecule has 2 aromatic heterocycles. The summed E-state index contributed by atoms with van der Waals surface area (Å²) in [4.78, 5) is 35.8. The van der Waals surface area contributed by atoms with E-state index in [0.29, 0.717) is 17.2 Å². The third kappa shape index (κ3) is 4.36. The molecule has 4 rings (SSSR count). The van der Waals surface area contributed by atoms with Crippen LogP contribution in [0.25, 0.3) is 10.2 Å². The zero-order valence-corrected chi connectivity index (χ0v) is 18.4. The number of anilines is 1. The number of hydrogen-bond donors (Lipinski definition) is 1. The number of amides is 1. The molecule has 0 saturated heterocycles. The van der Waals surface area contributed by atoms with Gasteiger partial charge in [0, 0.05) is 21.5 Å². The Balaban J connectivity index is 1.53. The lowest BCUT2D eigenvalue weighted by atomic mass is 9.89. The molecule has 0 fully saturated rings. The number of benzene rings is 1. The summed E-state index contributed by atoms with van der Waals surface area (Å²) in [6.07, 6.45) is 3.34. The second-order valence-electron chi connectivity index (χ2n) is 7.58. The number of thioether (sulfide) groups is 1. The van der Waals surface area contributed by atoms with Crippen molar-refractivity contribution in [1.82, 2.24) is 9.97 Å². The SMILES string of the molecule is CC(=O)c1cccc(NC(=O)CSc2nc(C)nc3sc4c(c23)CC[C@@H](C)C4)c1. The van der Waals surface area contributed by atoms with E-state index in [1.165, 1.54) is 35.5 Å². The smallest absolute Gasteiger partial charge is 0.234 e. The second-order valence-corrected chi connectivity index (χ2v) is 9.63. The van der Waals surface area contributed by atoms with Crippen LogP contribution in [-0.2, 0) is 17.6 Å². The van der Waals surface area contributed by atoms with E-state index in [-0.39, 0.29) is 17.4 Å². The van der Waals surface area contributed by atoms with Crippen molar-refractivity contribution in [3.05, 3.63) is 46.1 Å². The molecule has 5 nitrogen and oxygen atoms in total. The largest absolute Gasteiger partial charge is 0.325 e. The van der Waals surface area contributed by atoms with E-state index in [2.05, 4.69) is 22.2 Å². The molecule has 2 heterocycles. The fourth-order valence-electron chi connectivity index (χ4n) is 3.66. The predicted molar refractivity (Wildman–Crippen MR) is 119 cm³/mol. The van der Waals surface area contributed by atoms with E-state index in [1.807, 2.05) is 6.92 Å². The summed E-state index contributed by atoms with van der Waals surface area (Å²) in [6.45, 7) is 5.71. The molecule has 1 aromatic carbocycles. The molecule has 0 spiro atoms. The van der Waals surface area contributed by atoms with Gasteiger partial charge in [-0.25, -0.2) is 9.97 Å². The lowest BCUT2D eigenvalue weighted by molar-refractivity contribution is -0.113. The molecule has 3 aromatic rings. The monoisotopic (exact) mass is 425 g/mol. The number of hydrogen-bond acceptors (Lipinski definition) is 6. The normalized spacial score (nSPS) is 15.9. The number of Topliss-reactive ketones (excluding diaryl/α,β-unsaturated/α-hetero) is 1. The maximum absolute atomic E-state index is 12.5. The first-order valence-electron chi connectivity index (χ1n) is 9.73. The van der Waals surface area contributed by atoms with Crippen LogP contribution < -0.4 is 5.32 Å². The minimum absolute atomic E-state index is 0.0223. The highest BCUT2D eigenvalue weighted by molar-refractivity contribution is 8.00. The molecule has 1 amide bonds. The van der Waals surface area contributed by atoms with Gasteiger partial charge in [-0.3, -0.25) is 9.59 Å². The molecule has 1 aliphatic carbocycles. The Morgan fingerprint density at radius 1 is 1.31 bits per heavy atom. The first-order valence-corrected chi connectivity index (χ1v) is 11.5. The minimum atomic E-state index is -0.113. The Labute approximate surface area is 178 Å². The van der Waals surface area contributed by atoms with Crippen LogP contribution in [0.2, 0.25) is 0 Å². The molecular formula is C22H23N3O2S2. The summed E-state index contributed by atoms with van der Waals surface area (Å²) in [5.41, 5.74) is 2.59. The van der Waals surface area contributed by atoms with Crippen LogP contribution >= 0.6 is 23.1 Å². The fraction of sp³-hybridized carbons (Fsp3) is 0.364. The number of fused-ring (bicyclic) bond motifs is 3. The molecule has 1 atom stereocenters. The average Bonchev–Trinajstić information content (AvgIpc) is 3.03. The van der Waals surface area contributed by atoms with E-state index in [1.54, 1.807) is 35.6 Å². The average molecular weight is 426 g/mol. The van der Waals surface area contributed by atoms with E-state index in [4.69, 9.17) is 0 Å². The van der Waals surface area contributed by atoms with Crippen LogP contribution in [-0.4, -0.2) is 27.4 Å². The third-order valence-electron chi connectivity index (χ3n) is 5.13. The van der Waals surface area contributed by atoms with Crippen molar-refractivity contribution in [3.8, 4) is 0 Å². The van der Waals surface area contributed by atoms with E-state index in [0.717, 1.165) is 33.9 Å². The van der Waals surface area contributed by atoms with Crippen LogP contribution in [0, 0.1) is 12.8 Å². The van der Waals surface area contributed by atoms with Crippen molar-refractivity contribution in [3.63, 3.8) is 0 Å². The first kappa shape index (κ1) is 20.0. The first-order chi connectivity index (χ1) is 13.9. The maximum atomic E-state index is 12.5. The number of carbonyl (C=O) groups is 2. The Hall–Kier alpha value is -2.25. The van der Waals surface area contributed by atoms with Gasteiger partial charge in [0.1, 0.15) is 15.7 Å². The quantitative estimate of drug-likeness (QED) is 0.351. The molecule has 1 aliphatic rings. The molecule has 29 heavy (non-hydrogen) atoms. The summed E-state index contributed by atoms with van der Waals surface area (Å²) in [7, 11) is 0. The van der Waals surface area contributed by atoms with Gasteiger partial charge in [-0.2, -0.15) is 0 Å². The molecule has 7 heteroatoms. The minimum Gasteiger partial charge on any atom is -0.325 e. The Morgan fingerprint density at radius 2 is 2.14 bits per heavy atom. The number of ketones is 1. The van der Waals surface area contributed by atoms with Crippen molar-refractivity contribution in [2.75, 3.05) is 11.1 Å². The predicted octanol–water partition coefficient (Wildman–Crippen LogP) is 5.06. The van der Waals surface area contributed by atoms with Gasteiger partial charge in [0.25, 0.3) is 0 Å². The zero-order valence-electron chi connectivity index (χ0n) is 16.7. The van der Waals surface area contributed by atoms with Gasteiger partial charge < -0.3 is 5.32 Å². The molecule has 0 radical (unpaired) electrons. The van der Waals surface area contributed by atoms with Crippen molar-refractivity contribution in [2.24, 2.45) is 5.92 Å². The zero-order chi connectivity index (χ0) is 20.5. The van der Waals surface area contributed by atoms with Gasteiger partial charge in [0.05, 0.1) is 5.75 Å². The van der Waals surface area contributed by atoms with Gasteiger partial charge in [-0.15, -0.1) is 11.3 Å². The number of nitrogens with one attached hydrogen (secondary N) is 1. The highest BCUT2D eigenvalue weighted by Crippen LogP contribution is 2.40. The van der Waals surface area contributed by atoms with Gasteiger partial charge in [0.2, 0.25) is 5.91 Å². The van der Waals surface area contributed by atoms with Crippen LogP contribution in [0.3, 0.4) is 0 Å². The molecule has 0 aliphatic heterocycles. The highest BCUT2D eigenvalue weighted by atomic mass is 32.2. The number of thiophene rings is 1. The van der Waals surface area contributed by atoms with Gasteiger partial charge >= 0.3 is 0 Å². The lowest BCUT2D eigenvalue weighted by Gasteiger charge is -2.18. The summed E-state index contributed by atoms with van der Waals surface area (Å²) in [6, 6.07) is 7.01. The molecular weight excluding hydrogens is 402 g/mol. The van der Waals surface area contributed by atoms with Crippen LogP contribution in [0.15, 0.2) is 29.3 Å². The van der Waals surface area contributed by atoms with Gasteiger partial charge in [-0.1, -0.05) is 30.8 Å². The van der Waals surface area contributed by atoms with Crippen molar-refractivity contribution in [2.45, 2.75) is 45.1 Å². The summed E-state index contributed by atoms with van der Waals surface area (Å²) < 4.78 is 0. The van der Waals surface area contributed by atoms with Crippen LogP contribution in [0.1, 0.15) is 46.9 Å².